The van der Waals surface area contributed by atoms with Gasteiger partial charge < -0.3 is 19.5 Å². The monoisotopic (exact) mass is 395 g/mol. The minimum Gasteiger partial charge on any atom is -0.459 e. The van der Waals surface area contributed by atoms with Crippen molar-refractivity contribution in [3.8, 4) is 0 Å². The second-order valence-corrected chi connectivity index (χ2v) is 7.68. The molecule has 2 heterocycles. The summed E-state index contributed by atoms with van der Waals surface area (Å²) in [4.78, 5) is 41.1. The average Bonchev–Trinajstić information content (AvgIpc) is 3.38. The molecule has 7 heteroatoms. The van der Waals surface area contributed by atoms with Crippen LogP contribution in [0.15, 0.2) is 53.1 Å². The van der Waals surface area contributed by atoms with Crippen LogP contribution in [0, 0.1) is 11.8 Å². The van der Waals surface area contributed by atoms with E-state index in [9.17, 15) is 14.4 Å². The first kappa shape index (κ1) is 19.2. The summed E-state index contributed by atoms with van der Waals surface area (Å²) in [6, 6.07) is 13.0. The molecule has 2 fully saturated rings. The van der Waals surface area contributed by atoms with E-state index in [2.05, 4.69) is 5.32 Å². The molecular weight excluding hydrogens is 370 g/mol. The zero-order valence-corrected chi connectivity index (χ0v) is 16.4. The van der Waals surface area contributed by atoms with Crippen LogP contribution >= 0.6 is 0 Å². The van der Waals surface area contributed by atoms with Crippen molar-refractivity contribution in [2.75, 3.05) is 26.2 Å². The van der Waals surface area contributed by atoms with Gasteiger partial charge in [-0.3, -0.25) is 14.4 Å². The molecule has 2 aliphatic rings. The Morgan fingerprint density at radius 1 is 0.966 bits per heavy atom. The van der Waals surface area contributed by atoms with E-state index in [4.69, 9.17) is 4.42 Å². The summed E-state index contributed by atoms with van der Waals surface area (Å²) in [5.41, 5.74) is 1.04. The molecular formula is C22H25N3O4. The topological polar surface area (TPSA) is 82.9 Å². The van der Waals surface area contributed by atoms with Gasteiger partial charge >= 0.3 is 0 Å². The van der Waals surface area contributed by atoms with Gasteiger partial charge in [-0.05, 0) is 31.0 Å². The highest BCUT2D eigenvalue weighted by Crippen LogP contribution is 2.40. The van der Waals surface area contributed by atoms with E-state index in [1.165, 1.54) is 6.26 Å². The molecule has 1 saturated carbocycles. The molecule has 2 aromatic rings. The molecule has 152 valence electrons. The van der Waals surface area contributed by atoms with Gasteiger partial charge in [-0.15, -0.1) is 0 Å². The van der Waals surface area contributed by atoms with Gasteiger partial charge in [-0.1, -0.05) is 30.3 Å². The highest BCUT2D eigenvalue weighted by atomic mass is 16.3. The van der Waals surface area contributed by atoms with E-state index in [1.807, 2.05) is 37.3 Å². The van der Waals surface area contributed by atoms with E-state index < -0.39 is 0 Å². The molecule has 4 rings (SSSR count). The van der Waals surface area contributed by atoms with Gasteiger partial charge in [0.1, 0.15) is 0 Å². The fourth-order valence-corrected chi connectivity index (χ4v) is 3.82. The third-order valence-electron chi connectivity index (χ3n) is 5.71. The van der Waals surface area contributed by atoms with Crippen molar-refractivity contribution < 1.29 is 18.8 Å². The summed E-state index contributed by atoms with van der Waals surface area (Å²) in [5, 5.41) is 3.01. The molecule has 29 heavy (non-hydrogen) atoms. The number of hydrogen-bond donors (Lipinski definition) is 1. The third kappa shape index (κ3) is 4.18. The zero-order chi connectivity index (χ0) is 20.4. The van der Waals surface area contributed by atoms with E-state index in [0.29, 0.717) is 38.4 Å². The lowest BCUT2D eigenvalue weighted by atomic mass is 10.1. The van der Waals surface area contributed by atoms with E-state index >= 15 is 0 Å². The maximum Gasteiger partial charge on any atom is 0.289 e. The standard InChI is InChI=1S/C22H25N3O4/c1-15(16-6-3-2-4-7-16)23-20(26)17-14-18(17)21(27)24-9-11-25(12-10-24)22(28)19-8-5-13-29-19/h2-8,13,15,17-18H,9-12,14H2,1H3,(H,23,26). The Morgan fingerprint density at radius 3 is 2.31 bits per heavy atom. The number of amides is 3. The number of piperazine rings is 1. The molecule has 3 unspecified atom stereocenters. The summed E-state index contributed by atoms with van der Waals surface area (Å²) in [6.45, 7) is 3.86. The van der Waals surface area contributed by atoms with Crippen LogP contribution in [0.4, 0.5) is 0 Å². The number of rotatable bonds is 5. The number of hydrogen-bond acceptors (Lipinski definition) is 4. The molecule has 1 aromatic carbocycles. The fourth-order valence-electron chi connectivity index (χ4n) is 3.82. The van der Waals surface area contributed by atoms with Crippen LogP contribution in [0.25, 0.3) is 0 Å². The van der Waals surface area contributed by atoms with Crippen molar-refractivity contribution in [3.05, 3.63) is 60.1 Å². The van der Waals surface area contributed by atoms with Crippen LogP contribution < -0.4 is 5.32 Å². The van der Waals surface area contributed by atoms with Gasteiger partial charge in [0.2, 0.25) is 11.8 Å². The van der Waals surface area contributed by atoms with E-state index in [0.717, 1.165) is 5.56 Å². The van der Waals surface area contributed by atoms with Crippen LogP contribution in [-0.2, 0) is 9.59 Å². The Balaban J connectivity index is 1.25. The Kier molecular flexibility index (Phi) is 5.38. The summed E-state index contributed by atoms with van der Waals surface area (Å²) in [6.07, 6.45) is 2.07. The van der Waals surface area contributed by atoms with Crippen LogP contribution in [0.3, 0.4) is 0 Å². The lowest BCUT2D eigenvalue weighted by Crippen LogP contribution is -2.51. The van der Waals surface area contributed by atoms with Crippen molar-refractivity contribution in [3.63, 3.8) is 0 Å². The van der Waals surface area contributed by atoms with Crippen molar-refractivity contribution in [1.82, 2.24) is 15.1 Å². The Morgan fingerprint density at radius 2 is 1.66 bits per heavy atom. The predicted molar refractivity (Wildman–Crippen MR) is 106 cm³/mol. The average molecular weight is 395 g/mol. The van der Waals surface area contributed by atoms with Crippen LogP contribution in [0.5, 0.6) is 0 Å². The van der Waals surface area contributed by atoms with Crippen LogP contribution in [0.1, 0.15) is 35.5 Å². The van der Waals surface area contributed by atoms with Crippen molar-refractivity contribution >= 4 is 17.7 Å². The summed E-state index contributed by atoms with van der Waals surface area (Å²) in [5.74, 6) is -0.382. The second kappa shape index (κ2) is 8.11. The molecule has 7 nitrogen and oxygen atoms in total. The fraction of sp³-hybridized carbons (Fsp3) is 0.409. The first-order valence-electron chi connectivity index (χ1n) is 10.0. The molecule has 1 saturated heterocycles. The first-order valence-corrected chi connectivity index (χ1v) is 10.0. The maximum atomic E-state index is 12.8. The van der Waals surface area contributed by atoms with Crippen LogP contribution in [0.2, 0.25) is 0 Å². The number of benzene rings is 1. The van der Waals surface area contributed by atoms with Gasteiger partial charge in [0.15, 0.2) is 5.76 Å². The molecule has 3 amide bonds. The molecule has 3 atom stereocenters. The quantitative estimate of drug-likeness (QED) is 0.840. The highest BCUT2D eigenvalue weighted by Gasteiger charge is 2.50. The molecule has 1 aliphatic carbocycles. The zero-order valence-electron chi connectivity index (χ0n) is 16.4. The molecule has 0 bridgehead atoms. The van der Waals surface area contributed by atoms with E-state index in [-0.39, 0.29) is 35.6 Å². The van der Waals surface area contributed by atoms with Crippen LogP contribution in [-0.4, -0.2) is 53.7 Å². The van der Waals surface area contributed by atoms with Crippen molar-refractivity contribution in [1.29, 1.82) is 0 Å². The minimum atomic E-state index is -0.253. The third-order valence-corrected chi connectivity index (χ3v) is 5.71. The second-order valence-electron chi connectivity index (χ2n) is 7.68. The molecule has 0 radical (unpaired) electrons. The first-order chi connectivity index (χ1) is 14.0. The summed E-state index contributed by atoms with van der Waals surface area (Å²) in [7, 11) is 0. The molecule has 1 aromatic heterocycles. The summed E-state index contributed by atoms with van der Waals surface area (Å²) >= 11 is 0. The maximum absolute atomic E-state index is 12.8. The van der Waals surface area contributed by atoms with Gasteiger partial charge in [0, 0.05) is 26.2 Å². The Hall–Kier alpha value is -3.09. The SMILES string of the molecule is CC(NC(=O)C1CC1C(=O)N1CCN(C(=O)c2ccco2)CC1)c1ccccc1. The number of nitrogens with one attached hydrogen (secondary N) is 1. The number of carbonyl (C=O) groups is 3. The Bertz CT molecular complexity index is 873. The molecule has 1 N–H and O–H groups in total. The lowest BCUT2D eigenvalue weighted by molar-refractivity contribution is -0.136. The van der Waals surface area contributed by atoms with Gasteiger partial charge in [0.25, 0.3) is 5.91 Å². The molecule has 1 aliphatic heterocycles. The van der Waals surface area contributed by atoms with Crippen molar-refractivity contribution in [2.24, 2.45) is 11.8 Å². The lowest BCUT2D eigenvalue weighted by Gasteiger charge is -2.34. The van der Waals surface area contributed by atoms with E-state index in [1.54, 1.807) is 21.9 Å². The van der Waals surface area contributed by atoms with Gasteiger partial charge in [-0.2, -0.15) is 0 Å². The highest BCUT2D eigenvalue weighted by molar-refractivity contribution is 5.93. The normalized spacial score (nSPS) is 22.1. The smallest absolute Gasteiger partial charge is 0.289 e. The Labute approximate surface area is 169 Å². The largest absolute Gasteiger partial charge is 0.459 e. The minimum absolute atomic E-state index is 0.0163. The number of furan rings is 1. The van der Waals surface area contributed by atoms with Gasteiger partial charge in [-0.25, -0.2) is 0 Å². The number of nitrogens with zero attached hydrogens (tertiary/aromatic N) is 2. The summed E-state index contributed by atoms with van der Waals surface area (Å²) < 4.78 is 5.16. The number of carbonyl (C=O) groups excluding carboxylic acids is 3. The van der Waals surface area contributed by atoms with Crippen molar-refractivity contribution in [2.45, 2.75) is 19.4 Å². The molecule has 0 spiro atoms. The predicted octanol–water partition coefficient (Wildman–Crippen LogP) is 2.08. The van der Waals surface area contributed by atoms with Gasteiger partial charge in [0.05, 0.1) is 24.1 Å².